The van der Waals surface area contributed by atoms with Crippen LogP contribution >= 0.6 is 0 Å². The van der Waals surface area contributed by atoms with Crippen molar-refractivity contribution in [3.8, 4) is 0 Å². The summed E-state index contributed by atoms with van der Waals surface area (Å²) in [5.74, 6) is -1.68. The number of Topliss-reactive ketones (excluding diaryl/α,β-unsaturated/α-hetero) is 1. The Hall–Kier alpha value is -2.45. The predicted molar refractivity (Wildman–Crippen MR) is 98.6 cm³/mol. The SMILES string of the molecule is CC(=O)NC1(C(=O)N2CC(=O)C3C2CCN3C(=O)CCC(C)C(N)=O)CCC1. The molecule has 1 saturated carbocycles. The summed E-state index contributed by atoms with van der Waals surface area (Å²) in [5.41, 5.74) is 4.33. The van der Waals surface area contributed by atoms with Gasteiger partial charge in [0.05, 0.1) is 12.6 Å². The fourth-order valence-electron chi connectivity index (χ4n) is 4.53. The van der Waals surface area contributed by atoms with Crippen molar-refractivity contribution in [1.29, 1.82) is 0 Å². The average molecular weight is 392 g/mol. The minimum absolute atomic E-state index is 0.0308. The minimum atomic E-state index is -0.907. The molecular weight excluding hydrogens is 364 g/mol. The van der Waals surface area contributed by atoms with Gasteiger partial charge in [0.2, 0.25) is 23.6 Å². The molecular formula is C19H28N4O5. The van der Waals surface area contributed by atoms with Crippen molar-refractivity contribution in [1.82, 2.24) is 15.1 Å². The highest BCUT2D eigenvalue weighted by molar-refractivity contribution is 6.00. The molecule has 0 aromatic heterocycles. The number of nitrogens with zero attached hydrogens (tertiary/aromatic N) is 2. The number of nitrogens with two attached hydrogens (primary N) is 1. The summed E-state index contributed by atoms with van der Waals surface area (Å²) in [6, 6.07) is -0.974. The fraction of sp³-hybridized carbons (Fsp3) is 0.737. The van der Waals surface area contributed by atoms with E-state index in [9.17, 15) is 24.0 Å². The summed E-state index contributed by atoms with van der Waals surface area (Å²) in [6.45, 7) is 3.43. The lowest BCUT2D eigenvalue weighted by Crippen LogP contribution is -2.64. The molecule has 0 spiro atoms. The maximum atomic E-state index is 13.1. The van der Waals surface area contributed by atoms with Gasteiger partial charge in [0.25, 0.3) is 0 Å². The molecule has 1 aliphatic carbocycles. The molecule has 0 aromatic rings. The Labute approximate surface area is 164 Å². The standard InChI is InChI=1S/C19H28N4O5/c1-11(17(20)27)4-5-15(26)22-9-6-13-16(22)14(25)10-23(13)18(28)19(7-3-8-19)21-12(2)24/h11,13,16H,3-10H2,1-2H3,(H2,20,27)(H,21,24). The second kappa shape index (κ2) is 7.52. The highest BCUT2D eigenvalue weighted by atomic mass is 16.2. The van der Waals surface area contributed by atoms with Crippen LogP contribution in [0.1, 0.15) is 52.4 Å². The zero-order valence-electron chi connectivity index (χ0n) is 16.4. The molecule has 28 heavy (non-hydrogen) atoms. The lowest BCUT2D eigenvalue weighted by atomic mass is 9.75. The highest BCUT2D eigenvalue weighted by Crippen LogP contribution is 2.38. The predicted octanol–water partition coefficient (Wildman–Crippen LogP) is -0.672. The summed E-state index contributed by atoms with van der Waals surface area (Å²) in [5, 5.41) is 2.78. The number of hydrogen-bond donors (Lipinski definition) is 2. The van der Waals surface area contributed by atoms with Crippen molar-refractivity contribution in [2.45, 2.75) is 70.0 Å². The van der Waals surface area contributed by atoms with Gasteiger partial charge in [-0.05, 0) is 32.1 Å². The van der Waals surface area contributed by atoms with Crippen LogP contribution in [0.2, 0.25) is 0 Å². The maximum Gasteiger partial charge on any atom is 0.249 e. The first kappa shape index (κ1) is 20.3. The third kappa shape index (κ3) is 3.49. The fourth-order valence-corrected chi connectivity index (χ4v) is 4.53. The van der Waals surface area contributed by atoms with Crippen LogP contribution in [0.3, 0.4) is 0 Å². The van der Waals surface area contributed by atoms with Gasteiger partial charge in [0.15, 0.2) is 5.78 Å². The number of amides is 4. The van der Waals surface area contributed by atoms with Gasteiger partial charge >= 0.3 is 0 Å². The van der Waals surface area contributed by atoms with Crippen molar-refractivity contribution in [3.63, 3.8) is 0 Å². The van der Waals surface area contributed by atoms with E-state index < -0.39 is 23.4 Å². The number of fused-ring (bicyclic) bond motifs is 1. The Morgan fingerprint density at radius 2 is 1.93 bits per heavy atom. The molecule has 3 aliphatic rings. The van der Waals surface area contributed by atoms with Gasteiger partial charge in [0.1, 0.15) is 11.6 Å². The molecule has 0 aromatic carbocycles. The zero-order chi connectivity index (χ0) is 20.6. The Morgan fingerprint density at radius 3 is 2.46 bits per heavy atom. The van der Waals surface area contributed by atoms with Gasteiger partial charge in [-0.2, -0.15) is 0 Å². The molecule has 3 fully saturated rings. The Kier molecular flexibility index (Phi) is 5.45. The third-order valence-corrected chi connectivity index (χ3v) is 6.31. The summed E-state index contributed by atoms with van der Waals surface area (Å²) in [4.78, 5) is 64.2. The van der Waals surface area contributed by atoms with Gasteiger partial charge in [-0.1, -0.05) is 6.92 Å². The first-order chi connectivity index (χ1) is 13.2. The topological polar surface area (TPSA) is 130 Å². The molecule has 2 heterocycles. The summed E-state index contributed by atoms with van der Waals surface area (Å²) >= 11 is 0. The van der Waals surface area contributed by atoms with E-state index in [1.165, 1.54) is 6.92 Å². The highest BCUT2D eigenvalue weighted by Gasteiger charge is 2.56. The van der Waals surface area contributed by atoms with E-state index in [4.69, 9.17) is 5.73 Å². The van der Waals surface area contributed by atoms with Gasteiger partial charge in [-0.15, -0.1) is 0 Å². The molecule has 3 N–H and O–H groups in total. The Balaban J connectivity index is 1.68. The van der Waals surface area contributed by atoms with Crippen LogP contribution in [-0.2, 0) is 24.0 Å². The van der Waals surface area contributed by atoms with E-state index in [-0.39, 0.29) is 42.5 Å². The van der Waals surface area contributed by atoms with Crippen LogP contribution in [0.4, 0.5) is 0 Å². The number of ketones is 1. The molecule has 9 nitrogen and oxygen atoms in total. The van der Waals surface area contributed by atoms with E-state index in [2.05, 4.69) is 5.32 Å². The second-order valence-corrected chi connectivity index (χ2v) is 8.25. The third-order valence-electron chi connectivity index (χ3n) is 6.31. The van der Waals surface area contributed by atoms with Crippen LogP contribution in [0.15, 0.2) is 0 Å². The minimum Gasteiger partial charge on any atom is -0.369 e. The van der Waals surface area contributed by atoms with E-state index in [1.54, 1.807) is 16.7 Å². The molecule has 154 valence electrons. The number of likely N-dealkylation sites (tertiary alicyclic amines) is 2. The van der Waals surface area contributed by atoms with E-state index in [0.717, 1.165) is 6.42 Å². The number of carbonyl (C=O) groups excluding carboxylic acids is 5. The quantitative estimate of drug-likeness (QED) is 0.619. The lowest BCUT2D eigenvalue weighted by Gasteiger charge is -2.43. The van der Waals surface area contributed by atoms with Crippen molar-refractivity contribution in [3.05, 3.63) is 0 Å². The normalized spacial score (nSPS) is 26.4. The average Bonchev–Trinajstić information content (AvgIpc) is 3.16. The summed E-state index contributed by atoms with van der Waals surface area (Å²) in [7, 11) is 0. The van der Waals surface area contributed by atoms with Crippen LogP contribution in [-0.4, -0.2) is 69.9 Å². The number of hydrogen-bond acceptors (Lipinski definition) is 5. The number of carbonyl (C=O) groups is 5. The van der Waals surface area contributed by atoms with Crippen molar-refractivity contribution in [2.24, 2.45) is 11.7 Å². The monoisotopic (exact) mass is 392 g/mol. The van der Waals surface area contributed by atoms with E-state index >= 15 is 0 Å². The first-order valence-corrected chi connectivity index (χ1v) is 9.87. The van der Waals surface area contributed by atoms with Gasteiger partial charge < -0.3 is 20.9 Å². The summed E-state index contributed by atoms with van der Waals surface area (Å²) < 4.78 is 0. The van der Waals surface area contributed by atoms with Crippen LogP contribution in [0, 0.1) is 5.92 Å². The van der Waals surface area contributed by atoms with E-state index in [0.29, 0.717) is 32.2 Å². The molecule has 9 heteroatoms. The van der Waals surface area contributed by atoms with Gasteiger partial charge in [0, 0.05) is 25.8 Å². The molecule has 2 aliphatic heterocycles. The zero-order valence-corrected chi connectivity index (χ0v) is 16.4. The maximum absolute atomic E-state index is 13.1. The summed E-state index contributed by atoms with van der Waals surface area (Å²) in [6.07, 6.45) is 3.01. The molecule has 2 saturated heterocycles. The molecule has 3 atom stereocenters. The van der Waals surface area contributed by atoms with Crippen LogP contribution in [0.25, 0.3) is 0 Å². The second-order valence-electron chi connectivity index (χ2n) is 8.25. The first-order valence-electron chi connectivity index (χ1n) is 9.87. The molecule has 0 bridgehead atoms. The van der Waals surface area contributed by atoms with Crippen molar-refractivity contribution >= 4 is 29.4 Å². The molecule has 0 radical (unpaired) electrons. The van der Waals surface area contributed by atoms with Crippen LogP contribution < -0.4 is 11.1 Å². The largest absolute Gasteiger partial charge is 0.369 e. The molecule has 4 amide bonds. The van der Waals surface area contributed by atoms with Crippen molar-refractivity contribution < 1.29 is 24.0 Å². The van der Waals surface area contributed by atoms with Gasteiger partial charge in [-0.3, -0.25) is 24.0 Å². The smallest absolute Gasteiger partial charge is 0.249 e. The van der Waals surface area contributed by atoms with Crippen LogP contribution in [0.5, 0.6) is 0 Å². The Morgan fingerprint density at radius 1 is 1.25 bits per heavy atom. The Bertz CT molecular complexity index is 717. The van der Waals surface area contributed by atoms with Crippen molar-refractivity contribution in [2.75, 3.05) is 13.1 Å². The number of nitrogens with one attached hydrogen (secondary N) is 1. The van der Waals surface area contributed by atoms with Gasteiger partial charge in [-0.25, -0.2) is 0 Å². The van der Waals surface area contributed by atoms with E-state index in [1.807, 2.05) is 0 Å². The molecule has 3 unspecified atom stereocenters. The lowest BCUT2D eigenvalue weighted by molar-refractivity contribution is -0.146. The number of rotatable bonds is 6. The molecule has 3 rings (SSSR count). The number of primary amides is 1.